The van der Waals surface area contributed by atoms with E-state index in [9.17, 15) is 10.1 Å². The Hall–Kier alpha value is -2.92. The number of aromatic nitrogens is 1. The molecule has 5 heteroatoms. The van der Waals surface area contributed by atoms with Crippen LogP contribution in [0.4, 0.5) is 5.69 Å². The summed E-state index contributed by atoms with van der Waals surface area (Å²) >= 11 is 0. The summed E-state index contributed by atoms with van der Waals surface area (Å²) < 4.78 is 2.35. The fourth-order valence-electron chi connectivity index (χ4n) is 4.68. The third kappa shape index (κ3) is 5.61. The van der Waals surface area contributed by atoms with Crippen LogP contribution in [0.25, 0.3) is 0 Å². The molecule has 0 saturated heterocycles. The number of nitro benzene ring substituents is 1. The average Bonchev–Trinajstić information content (AvgIpc) is 3.21. The van der Waals surface area contributed by atoms with Crippen molar-refractivity contribution in [2.45, 2.75) is 64.7 Å². The molecule has 0 unspecified atom stereocenters. The Morgan fingerprint density at radius 1 is 0.968 bits per heavy atom. The van der Waals surface area contributed by atoms with E-state index in [1.807, 2.05) is 12.1 Å². The van der Waals surface area contributed by atoms with E-state index < -0.39 is 0 Å². The molecule has 1 aliphatic rings. The Kier molecular flexibility index (Phi) is 6.82. The van der Waals surface area contributed by atoms with Crippen LogP contribution in [0.3, 0.4) is 0 Å². The SMILES string of the molecule is Cc1cccc(Cn2cccc2CN(Cc2ccc([N+](=O)[O-])cc2)C2CCCCC2)c1. The van der Waals surface area contributed by atoms with Gasteiger partial charge in [-0.15, -0.1) is 0 Å². The van der Waals surface area contributed by atoms with Crippen molar-refractivity contribution in [2.24, 2.45) is 0 Å². The van der Waals surface area contributed by atoms with Gasteiger partial charge in [0, 0.05) is 49.7 Å². The summed E-state index contributed by atoms with van der Waals surface area (Å²) in [6, 6.07) is 20.7. The number of non-ortho nitro benzene ring substituents is 1. The van der Waals surface area contributed by atoms with Gasteiger partial charge in [0.15, 0.2) is 0 Å². The highest BCUT2D eigenvalue weighted by Gasteiger charge is 2.22. The van der Waals surface area contributed by atoms with Gasteiger partial charge in [0.25, 0.3) is 5.69 Å². The molecule has 0 N–H and O–H groups in total. The zero-order chi connectivity index (χ0) is 21.6. The third-order valence-corrected chi connectivity index (χ3v) is 6.35. The maximum absolute atomic E-state index is 11.0. The van der Waals surface area contributed by atoms with Crippen LogP contribution in [0.15, 0.2) is 66.9 Å². The van der Waals surface area contributed by atoms with E-state index in [1.54, 1.807) is 12.1 Å². The first-order valence-electron chi connectivity index (χ1n) is 11.3. The van der Waals surface area contributed by atoms with Gasteiger partial charge in [0.1, 0.15) is 0 Å². The first kappa shape index (κ1) is 21.3. The van der Waals surface area contributed by atoms with Gasteiger partial charge in [0.2, 0.25) is 0 Å². The quantitative estimate of drug-likeness (QED) is 0.329. The van der Waals surface area contributed by atoms with E-state index in [4.69, 9.17) is 0 Å². The molecular weight excluding hydrogens is 386 g/mol. The number of aryl methyl sites for hydroxylation is 1. The average molecular weight is 418 g/mol. The fraction of sp³-hybridized carbons (Fsp3) is 0.385. The highest BCUT2D eigenvalue weighted by molar-refractivity contribution is 5.33. The Labute approximate surface area is 184 Å². The lowest BCUT2D eigenvalue weighted by atomic mass is 9.93. The van der Waals surface area contributed by atoms with Crippen LogP contribution in [0.2, 0.25) is 0 Å². The van der Waals surface area contributed by atoms with Crippen molar-refractivity contribution in [3.63, 3.8) is 0 Å². The lowest BCUT2D eigenvalue weighted by molar-refractivity contribution is -0.384. The second kappa shape index (κ2) is 9.92. The predicted octanol–water partition coefficient (Wildman–Crippen LogP) is 6.09. The molecule has 0 aliphatic heterocycles. The largest absolute Gasteiger partial charge is 0.346 e. The summed E-state index contributed by atoms with van der Waals surface area (Å²) in [6.45, 7) is 4.72. The summed E-state index contributed by atoms with van der Waals surface area (Å²) in [4.78, 5) is 13.2. The standard InChI is InChI=1S/C26H31N3O2/c1-21-7-5-8-23(17-21)19-27-16-6-11-26(27)20-28(24-9-3-2-4-10-24)18-22-12-14-25(15-13-22)29(30)31/h5-8,11-17,24H,2-4,9-10,18-20H2,1H3. The van der Waals surface area contributed by atoms with Crippen LogP contribution in [0.1, 0.15) is 54.5 Å². The van der Waals surface area contributed by atoms with E-state index in [2.05, 4.69) is 59.0 Å². The first-order valence-corrected chi connectivity index (χ1v) is 11.3. The first-order chi connectivity index (χ1) is 15.1. The molecule has 31 heavy (non-hydrogen) atoms. The number of hydrogen-bond acceptors (Lipinski definition) is 3. The van der Waals surface area contributed by atoms with Gasteiger partial charge in [-0.05, 0) is 43.0 Å². The summed E-state index contributed by atoms with van der Waals surface area (Å²) in [6.07, 6.45) is 8.52. The Bertz CT molecular complexity index is 1000. The molecule has 0 amide bonds. The third-order valence-electron chi connectivity index (χ3n) is 6.35. The lowest BCUT2D eigenvalue weighted by Crippen LogP contribution is -2.36. The van der Waals surface area contributed by atoms with E-state index in [0.717, 1.165) is 25.2 Å². The van der Waals surface area contributed by atoms with Crippen LogP contribution < -0.4 is 0 Å². The van der Waals surface area contributed by atoms with Crippen molar-refractivity contribution in [2.75, 3.05) is 0 Å². The summed E-state index contributed by atoms with van der Waals surface area (Å²) in [7, 11) is 0. The monoisotopic (exact) mass is 417 g/mol. The van der Waals surface area contributed by atoms with E-state index in [0.29, 0.717) is 6.04 Å². The molecular formula is C26H31N3O2. The van der Waals surface area contributed by atoms with E-state index in [-0.39, 0.29) is 10.6 Å². The van der Waals surface area contributed by atoms with Crippen molar-refractivity contribution in [1.82, 2.24) is 9.47 Å². The summed E-state index contributed by atoms with van der Waals surface area (Å²) in [5, 5.41) is 11.0. The highest BCUT2D eigenvalue weighted by atomic mass is 16.6. The minimum Gasteiger partial charge on any atom is -0.346 e. The van der Waals surface area contributed by atoms with Crippen LogP contribution in [0.5, 0.6) is 0 Å². The molecule has 0 atom stereocenters. The molecule has 0 spiro atoms. The minimum atomic E-state index is -0.332. The maximum Gasteiger partial charge on any atom is 0.269 e. The van der Waals surface area contributed by atoms with Crippen molar-refractivity contribution in [1.29, 1.82) is 0 Å². The Balaban J connectivity index is 1.52. The molecule has 162 valence electrons. The number of rotatable bonds is 8. The van der Waals surface area contributed by atoms with Gasteiger partial charge in [-0.25, -0.2) is 0 Å². The molecule has 1 saturated carbocycles. The van der Waals surface area contributed by atoms with Gasteiger partial charge < -0.3 is 4.57 Å². The predicted molar refractivity (Wildman–Crippen MR) is 124 cm³/mol. The van der Waals surface area contributed by atoms with Crippen molar-refractivity contribution < 1.29 is 4.92 Å². The zero-order valence-electron chi connectivity index (χ0n) is 18.2. The highest BCUT2D eigenvalue weighted by Crippen LogP contribution is 2.26. The lowest BCUT2D eigenvalue weighted by Gasteiger charge is -2.34. The topological polar surface area (TPSA) is 51.3 Å². The van der Waals surface area contributed by atoms with Gasteiger partial charge in [-0.2, -0.15) is 0 Å². The molecule has 1 aliphatic carbocycles. The van der Waals surface area contributed by atoms with Gasteiger partial charge >= 0.3 is 0 Å². The molecule has 4 rings (SSSR count). The fourth-order valence-corrected chi connectivity index (χ4v) is 4.68. The van der Waals surface area contributed by atoms with E-state index >= 15 is 0 Å². The molecule has 3 aromatic rings. The Morgan fingerprint density at radius 2 is 1.74 bits per heavy atom. The van der Waals surface area contributed by atoms with Gasteiger partial charge in [0.05, 0.1) is 4.92 Å². The summed E-state index contributed by atoms with van der Waals surface area (Å²) in [5.41, 5.74) is 5.20. The van der Waals surface area contributed by atoms with Crippen LogP contribution in [-0.4, -0.2) is 20.4 Å². The molecule has 2 aromatic carbocycles. The van der Waals surface area contributed by atoms with Crippen LogP contribution in [-0.2, 0) is 19.6 Å². The number of benzene rings is 2. The zero-order valence-corrected chi connectivity index (χ0v) is 18.2. The number of hydrogen-bond donors (Lipinski definition) is 0. The van der Waals surface area contributed by atoms with Crippen LogP contribution >= 0.6 is 0 Å². The summed E-state index contributed by atoms with van der Waals surface area (Å²) in [5.74, 6) is 0. The molecule has 0 bridgehead atoms. The van der Waals surface area contributed by atoms with Crippen LogP contribution in [0, 0.1) is 17.0 Å². The van der Waals surface area contributed by atoms with Crippen molar-refractivity contribution in [3.8, 4) is 0 Å². The second-order valence-electron chi connectivity index (χ2n) is 8.74. The van der Waals surface area contributed by atoms with Crippen molar-refractivity contribution in [3.05, 3.63) is 99.4 Å². The second-order valence-corrected chi connectivity index (χ2v) is 8.74. The smallest absolute Gasteiger partial charge is 0.269 e. The van der Waals surface area contributed by atoms with Crippen molar-refractivity contribution >= 4 is 5.69 Å². The van der Waals surface area contributed by atoms with E-state index in [1.165, 1.54) is 48.9 Å². The Morgan fingerprint density at radius 3 is 2.45 bits per heavy atom. The number of nitrogens with zero attached hydrogens (tertiary/aromatic N) is 3. The molecule has 1 fully saturated rings. The normalized spacial score (nSPS) is 14.8. The molecule has 0 radical (unpaired) electrons. The molecule has 1 heterocycles. The van der Waals surface area contributed by atoms with Gasteiger partial charge in [-0.3, -0.25) is 15.0 Å². The molecule has 1 aromatic heterocycles. The minimum absolute atomic E-state index is 0.153. The van der Waals surface area contributed by atoms with Gasteiger partial charge in [-0.1, -0.05) is 61.2 Å². The number of nitro groups is 1. The maximum atomic E-state index is 11.0. The molecule has 5 nitrogen and oxygen atoms in total.